The number of benzene rings is 1. The third kappa shape index (κ3) is 5.12. The topological polar surface area (TPSA) is 21.3 Å². The Hall–Kier alpha value is -0.860. The van der Waals surface area contributed by atoms with Gasteiger partial charge in [-0.05, 0) is 48.8 Å². The second kappa shape index (κ2) is 7.42. The summed E-state index contributed by atoms with van der Waals surface area (Å²) in [5.41, 5.74) is 3.22. The molecule has 1 aromatic rings. The van der Waals surface area contributed by atoms with Crippen molar-refractivity contribution in [3.8, 4) is 0 Å². The van der Waals surface area contributed by atoms with Crippen molar-refractivity contribution in [3.63, 3.8) is 0 Å². The minimum atomic E-state index is 0.256. The summed E-state index contributed by atoms with van der Waals surface area (Å²) in [6.45, 7) is 11.1. The molecule has 2 atom stereocenters. The molecule has 0 bridgehead atoms. The minimum absolute atomic E-state index is 0.256. The number of hydrogen-bond acceptors (Lipinski definition) is 2. The van der Waals surface area contributed by atoms with E-state index in [1.54, 1.807) is 0 Å². The number of nitrogens with one attached hydrogen (secondary N) is 1. The molecule has 0 fully saturated rings. The molecule has 0 aliphatic carbocycles. The van der Waals surface area contributed by atoms with E-state index >= 15 is 0 Å². The molecule has 2 nitrogen and oxygen atoms in total. The minimum Gasteiger partial charge on any atom is -0.373 e. The highest BCUT2D eigenvalue weighted by Crippen LogP contribution is 2.33. The summed E-state index contributed by atoms with van der Waals surface area (Å²) < 4.78 is 6.09. The molecule has 118 valence electrons. The summed E-state index contributed by atoms with van der Waals surface area (Å²) in [4.78, 5) is 0. The van der Waals surface area contributed by atoms with Crippen molar-refractivity contribution in [3.05, 3.63) is 35.4 Å². The van der Waals surface area contributed by atoms with E-state index < -0.39 is 0 Å². The average Bonchev–Trinajstić information content (AvgIpc) is 2.43. The van der Waals surface area contributed by atoms with Crippen molar-refractivity contribution in [1.29, 1.82) is 0 Å². The van der Waals surface area contributed by atoms with E-state index in [1.807, 2.05) is 0 Å². The molecule has 2 heteroatoms. The van der Waals surface area contributed by atoms with Crippen LogP contribution in [-0.4, -0.2) is 19.2 Å². The number of ether oxygens (including phenoxy) is 1. The predicted octanol–water partition coefficient (Wildman–Crippen LogP) is 4.49. The standard InChI is InChI=1S/C19H31NO/c1-5-11-20-16(14-19(2,3)4)13-18-17-9-7-6-8-15(17)10-12-21-18/h6-9,16,18,20H,5,10-14H2,1-4H3. The lowest BCUT2D eigenvalue weighted by molar-refractivity contribution is 0.0263. The van der Waals surface area contributed by atoms with Crippen LogP contribution >= 0.6 is 0 Å². The SMILES string of the molecule is CCCNC(CC1OCCc2ccccc21)CC(C)(C)C. The molecule has 21 heavy (non-hydrogen) atoms. The highest BCUT2D eigenvalue weighted by atomic mass is 16.5. The maximum atomic E-state index is 6.09. The second-order valence-electron chi connectivity index (χ2n) is 7.46. The van der Waals surface area contributed by atoms with Crippen LogP contribution in [0.5, 0.6) is 0 Å². The molecule has 1 aliphatic rings. The van der Waals surface area contributed by atoms with Crippen LogP contribution in [0, 0.1) is 5.41 Å². The lowest BCUT2D eigenvalue weighted by Gasteiger charge is -2.32. The Balaban J connectivity index is 2.06. The van der Waals surface area contributed by atoms with Gasteiger partial charge in [0, 0.05) is 6.04 Å². The van der Waals surface area contributed by atoms with E-state index in [4.69, 9.17) is 4.74 Å². The van der Waals surface area contributed by atoms with Gasteiger partial charge in [-0.1, -0.05) is 52.0 Å². The van der Waals surface area contributed by atoms with Gasteiger partial charge in [0.05, 0.1) is 12.7 Å². The first-order chi connectivity index (χ1) is 9.99. The zero-order valence-corrected chi connectivity index (χ0v) is 14.1. The average molecular weight is 289 g/mol. The predicted molar refractivity (Wildman–Crippen MR) is 89.6 cm³/mol. The summed E-state index contributed by atoms with van der Waals surface area (Å²) in [6.07, 6.45) is 4.76. The summed E-state index contributed by atoms with van der Waals surface area (Å²) in [5, 5.41) is 3.72. The molecule has 0 amide bonds. The van der Waals surface area contributed by atoms with E-state index in [0.717, 1.165) is 26.0 Å². The quantitative estimate of drug-likeness (QED) is 0.833. The molecular formula is C19H31NO. The summed E-state index contributed by atoms with van der Waals surface area (Å²) in [7, 11) is 0. The third-order valence-electron chi connectivity index (χ3n) is 4.13. The molecule has 0 spiro atoms. The van der Waals surface area contributed by atoms with Crippen LogP contribution in [0.2, 0.25) is 0 Å². The molecule has 1 heterocycles. The Labute approximate surface area is 130 Å². The van der Waals surface area contributed by atoms with Crippen LogP contribution in [0.3, 0.4) is 0 Å². The van der Waals surface area contributed by atoms with Crippen LogP contribution in [0.1, 0.15) is 64.2 Å². The van der Waals surface area contributed by atoms with Crippen LogP contribution in [0.4, 0.5) is 0 Å². The number of rotatable bonds is 6. The van der Waals surface area contributed by atoms with Gasteiger partial charge < -0.3 is 10.1 Å². The molecule has 0 radical (unpaired) electrons. The van der Waals surface area contributed by atoms with Crippen LogP contribution in [0.25, 0.3) is 0 Å². The molecule has 0 saturated carbocycles. The van der Waals surface area contributed by atoms with Crippen molar-refractivity contribution in [1.82, 2.24) is 5.32 Å². The van der Waals surface area contributed by atoms with E-state index in [-0.39, 0.29) is 6.10 Å². The molecule has 2 unspecified atom stereocenters. The molecule has 1 aliphatic heterocycles. The van der Waals surface area contributed by atoms with Crippen LogP contribution < -0.4 is 5.32 Å². The van der Waals surface area contributed by atoms with E-state index in [2.05, 4.69) is 57.3 Å². The van der Waals surface area contributed by atoms with Crippen molar-refractivity contribution >= 4 is 0 Å². The van der Waals surface area contributed by atoms with Gasteiger partial charge in [-0.3, -0.25) is 0 Å². The van der Waals surface area contributed by atoms with Gasteiger partial charge in [0.25, 0.3) is 0 Å². The lowest BCUT2D eigenvalue weighted by Crippen LogP contribution is -2.36. The van der Waals surface area contributed by atoms with E-state index in [9.17, 15) is 0 Å². The Morgan fingerprint density at radius 2 is 2.05 bits per heavy atom. The zero-order chi connectivity index (χ0) is 15.3. The summed E-state index contributed by atoms with van der Waals surface area (Å²) in [6, 6.07) is 9.30. The molecular weight excluding hydrogens is 258 g/mol. The Morgan fingerprint density at radius 3 is 2.76 bits per heavy atom. The molecule has 1 N–H and O–H groups in total. The molecule has 2 rings (SSSR count). The smallest absolute Gasteiger partial charge is 0.0842 e. The fourth-order valence-corrected chi connectivity index (χ4v) is 3.26. The Bertz CT molecular complexity index is 435. The molecule has 1 aromatic carbocycles. The normalized spacial score (nSPS) is 20.1. The molecule has 0 aromatic heterocycles. The monoisotopic (exact) mass is 289 g/mol. The summed E-state index contributed by atoms with van der Waals surface area (Å²) in [5.74, 6) is 0. The van der Waals surface area contributed by atoms with Crippen molar-refractivity contribution in [2.75, 3.05) is 13.2 Å². The van der Waals surface area contributed by atoms with Gasteiger partial charge in [0.1, 0.15) is 0 Å². The highest BCUT2D eigenvalue weighted by molar-refractivity contribution is 5.31. The third-order valence-corrected chi connectivity index (χ3v) is 4.13. The first kappa shape index (κ1) is 16.5. The van der Waals surface area contributed by atoms with Gasteiger partial charge in [0.2, 0.25) is 0 Å². The molecule has 0 saturated heterocycles. The maximum Gasteiger partial charge on any atom is 0.0842 e. The Kier molecular flexibility index (Phi) is 5.83. The maximum absolute atomic E-state index is 6.09. The first-order valence-corrected chi connectivity index (χ1v) is 8.42. The lowest BCUT2D eigenvalue weighted by atomic mass is 9.84. The van der Waals surface area contributed by atoms with Gasteiger partial charge >= 0.3 is 0 Å². The van der Waals surface area contributed by atoms with Gasteiger partial charge in [-0.25, -0.2) is 0 Å². The van der Waals surface area contributed by atoms with Crippen molar-refractivity contribution in [2.45, 2.75) is 65.5 Å². The highest BCUT2D eigenvalue weighted by Gasteiger charge is 2.26. The fourth-order valence-electron chi connectivity index (χ4n) is 3.26. The summed E-state index contributed by atoms with van der Waals surface area (Å²) >= 11 is 0. The fraction of sp³-hybridized carbons (Fsp3) is 0.684. The van der Waals surface area contributed by atoms with Crippen LogP contribution in [0.15, 0.2) is 24.3 Å². The number of fused-ring (bicyclic) bond motifs is 1. The zero-order valence-electron chi connectivity index (χ0n) is 14.1. The first-order valence-electron chi connectivity index (χ1n) is 8.42. The Morgan fingerprint density at radius 1 is 1.29 bits per heavy atom. The van der Waals surface area contributed by atoms with E-state index in [1.165, 1.54) is 24.0 Å². The van der Waals surface area contributed by atoms with E-state index in [0.29, 0.717) is 11.5 Å². The van der Waals surface area contributed by atoms with Gasteiger partial charge in [-0.15, -0.1) is 0 Å². The van der Waals surface area contributed by atoms with Crippen molar-refractivity contribution in [2.24, 2.45) is 5.41 Å². The van der Waals surface area contributed by atoms with Crippen LogP contribution in [-0.2, 0) is 11.2 Å². The number of hydrogen-bond donors (Lipinski definition) is 1. The van der Waals surface area contributed by atoms with Gasteiger partial charge in [0.15, 0.2) is 0 Å². The van der Waals surface area contributed by atoms with Gasteiger partial charge in [-0.2, -0.15) is 0 Å². The van der Waals surface area contributed by atoms with Crippen molar-refractivity contribution < 1.29 is 4.74 Å². The largest absolute Gasteiger partial charge is 0.373 e. The second-order valence-corrected chi connectivity index (χ2v) is 7.46.